The quantitative estimate of drug-likeness (QED) is 0.737. The van der Waals surface area contributed by atoms with Crippen LogP contribution in [0.1, 0.15) is 6.92 Å². The lowest BCUT2D eigenvalue weighted by atomic mass is 10.3. The number of hydrogen-bond acceptors (Lipinski definition) is 3. The maximum Gasteiger partial charge on any atom is 0.119 e. The Labute approximate surface area is 82.1 Å². The molecule has 0 spiro atoms. The molecule has 0 bridgehead atoms. The average molecular weight is 189 g/mol. The van der Waals surface area contributed by atoms with E-state index in [-0.39, 0.29) is 0 Å². The number of rotatable bonds is 3. The van der Waals surface area contributed by atoms with E-state index in [1.165, 1.54) is 0 Å². The molecule has 72 valence electrons. The Hall–Kier alpha value is -1.84. The minimum atomic E-state index is 0.683. The highest BCUT2D eigenvalue weighted by atomic mass is 16.5. The van der Waals surface area contributed by atoms with Gasteiger partial charge in [-0.25, -0.2) is 4.68 Å². The van der Waals surface area contributed by atoms with Crippen molar-refractivity contribution in [1.29, 1.82) is 0 Å². The van der Waals surface area contributed by atoms with Gasteiger partial charge in [0.25, 0.3) is 0 Å². The van der Waals surface area contributed by atoms with E-state index in [1.54, 1.807) is 17.1 Å². The highest BCUT2D eigenvalue weighted by Crippen LogP contribution is 2.13. The summed E-state index contributed by atoms with van der Waals surface area (Å²) in [7, 11) is 0. The predicted molar refractivity (Wildman–Crippen MR) is 52.5 cm³/mol. The summed E-state index contributed by atoms with van der Waals surface area (Å²) in [6.45, 7) is 2.65. The van der Waals surface area contributed by atoms with Crippen molar-refractivity contribution >= 4 is 0 Å². The zero-order valence-corrected chi connectivity index (χ0v) is 7.92. The van der Waals surface area contributed by atoms with Crippen molar-refractivity contribution in [3.8, 4) is 11.4 Å². The highest BCUT2D eigenvalue weighted by molar-refractivity contribution is 5.36. The smallest absolute Gasteiger partial charge is 0.119 e. The van der Waals surface area contributed by atoms with E-state index in [0.717, 1.165) is 11.4 Å². The molecule has 0 fully saturated rings. The van der Waals surface area contributed by atoms with Crippen molar-refractivity contribution in [3.63, 3.8) is 0 Å². The second-order valence-electron chi connectivity index (χ2n) is 2.77. The summed E-state index contributed by atoms with van der Waals surface area (Å²) in [5.74, 6) is 0.872. The first-order valence-corrected chi connectivity index (χ1v) is 4.49. The summed E-state index contributed by atoms with van der Waals surface area (Å²) in [4.78, 5) is 0. The molecule has 0 unspecified atom stereocenters. The number of benzene rings is 1. The van der Waals surface area contributed by atoms with Gasteiger partial charge in [0.05, 0.1) is 24.7 Å². The van der Waals surface area contributed by atoms with Crippen LogP contribution in [0.5, 0.6) is 5.75 Å². The largest absolute Gasteiger partial charge is 0.494 e. The van der Waals surface area contributed by atoms with Gasteiger partial charge in [0.15, 0.2) is 0 Å². The fourth-order valence-electron chi connectivity index (χ4n) is 1.21. The summed E-state index contributed by atoms with van der Waals surface area (Å²) in [5.41, 5.74) is 0.978. The van der Waals surface area contributed by atoms with Gasteiger partial charge in [-0.05, 0) is 31.2 Å². The number of ether oxygens (including phenoxy) is 1. The molecule has 0 radical (unpaired) electrons. The van der Waals surface area contributed by atoms with Crippen LogP contribution < -0.4 is 4.74 Å². The van der Waals surface area contributed by atoms with Gasteiger partial charge < -0.3 is 4.74 Å². The topological polar surface area (TPSA) is 39.9 Å². The van der Waals surface area contributed by atoms with E-state index in [1.807, 2.05) is 31.2 Å². The third-order valence-electron chi connectivity index (χ3n) is 1.83. The molecule has 0 saturated carbocycles. The molecule has 0 saturated heterocycles. The molecular formula is C10H11N3O. The lowest BCUT2D eigenvalue weighted by Crippen LogP contribution is -1.96. The van der Waals surface area contributed by atoms with Crippen LogP contribution in [0.25, 0.3) is 5.69 Å². The van der Waals surface area contributed by atoms with E-state index in [9.17, 15) is 0 Å². The summed E-state index contributed by atoms with van der Waals surface area (Å²) >= 11 is 0. The van der Waals surface area contributed by atoms with E-state index in [2.05, 4.69) is 10.3 Å². The van der Waals surface area contributed by atoms with E-state index < -0.39 is 0 Å². The zero-order chi connectivity index (χ0) is 9.80. The Bertz CT molecular complexity index is 380. The van der Waals surface area contributed by atoms with Crippen molar-refractivity contribution in [3.05, 3.63) is 36.7 Å². The molecule has 1 heterocycles. The van der Waals surface area contributed by atoms with Crippen molar-refractivity contribution in [1.82, 2.24) is 15.0 Å². The molecule has 4 heteroatoms. The molecule has 0 amide bonds. The van der Waals surface area contributed by atoms with E-state index >= 15 is 0 Å². The van der Waals surface area contributed by atoms with Gasteiger partial charge in [0, 0.05) is 0 Å². The van der Waals surface area contributed by atoms with Gasteiger partial charge in [-0.1, -0.05) is 5.21 Å². The van der Waals surface area contributed by atoms with Crippen molar-refractivity contribution in [2.24, 2.45) is 0 Å². The maximum atomic E-state index is 5.33. The lowest BCUT2D eigenvalue weighted by Gasteiger charge is -2.03. The molecule has 0 atom stereocenters. The standard InChI is InChI=1S/C10H11N3O/c1-2-14-10-5-3-9(4-6-10)13-8-7-11-12-13/h3-8H,2H2,1H3. The third-order valence-corrected chi connectivity index (χ3v) is 1.83. The molecule has 0 aliphatic carbocycles. The molecule has 1 aromatic carbocycles. The number of hydrogen-bond donors (Lipinski definition) is 0. The van der Waals surface area contributed by atoms with Gasteiger partial charge in [-0.15, -0.1) is 5.10 Å². The molecule has 0 aliphatic rings. The van der Waals surface area contributed by atoms with Crippen molar-refractivity contribution in [2.45, 2.75) is 6.92 Å². The molecule has 2 aromatic rings. The van der Waals surface area contributed by atoms with Crippen LogP contribution in [0.15, 0.2) is 36.7 Å². The molecule has 1 aromatic heterocycles. The van der Waals surface area contributed by atoms with Crippen LogP contribution in [0.3, 0.4) is 0 Å². The summed E-state index contributed by atoms with van der Waals surface area (Å²) in [6.07, 6.45) is 3.45. The van der Waals surface area contributed by atoms with Gasteiger partial charge >= 0.3 is 0 Å². The van der Waals surface area contributed by atoms with Crippen molar-refractivity contribution < 1.29 is 4.74 Å². The first-order valence-electron chi connectivity index (χ1n) is 4.49. The summed E-state index contributed by atoms with van der Waals surface area (Å²) in [5, 5.41) is 7.63. The minimum Gasteiger partial charge on any atom is -0.494 e. The second kappa shape index (κ2) is 3.91. The minimum absolute atomic E-state index is 0.683. The fraction of sp³-hybridized carbons (Fsp3) is 0.200. The van der Waals surface area contributed by atoms with Gasteiger partial charge in [0.2, 0.25) is 0 Å². The van der Waals surface area contributed by atoms with Crippen LogP contribution >= 0.6 is 0 Å². The predicted octanol–water partition coefficient (Wildman–Crippen LogP) is 1.67. The van der Waals surface area contributed by atoms with E-state index in [0.29, 0.717) is 6.61 Å². The Balaban J connectivity index is 2.22. The van der Waals surface area contributed by atoms with Gasteiger partial charge in [-0.2, -0.15) is 0 Å². The monoisotopic (exact) mass is 189 g/mol. The summed E-state index contributed by atoms with van der Waals surface area (Å²) < 4.78 is 7.04. The molecular weight excluding hydrogens is 178 g/mol. The average Bonchev–Trinajstić information content (AvgIpc) is 2.72. The number of aromatic nitrogens is 3. The van der Waals surface area contributed by atoms with Gasteiger partial charge in [0.1, 0.15) is 5.75 Å². The molecule has 0 aliphatic heterocycles. The third kappa shape index (κ3) is 1.74. The van der Waals surface area contributed by atoms with Crippen LogP contribution in [0, 0.1) is 0 Å². The van der Waals surface area contributed by atoms with Crippen LogP contribution in [0.2, 0.25) is 0 Å². The van der Waals surface area contributed by atoms with E-state index in [4.69, 9.17) is 4.74 Å². The first kappa shape index (κ1) is 8.74. The zero-order valence-electron chi connectivity index (χ0n) is 7.92. The normalized spacial score (nSPS) is 10.1. The molecule has 2 rings (SSSR count). The van der Waals surface area contributed by atoms with Crippen LogP contribution in [0.4, 0.5) is 0 Å². The Morgan fingerprint density at radius 1 is 1.29 bits per heavy atom. The molecule has 14 heavy (non-hydrogen) atoms. The molecule has 0 N–H and O–H groups in total. The first-order chi connectivity index (χ1) is 6.90. The number of nitrogens with zero attached hydrogens (tertiary/aromatic N) is 3. The SMILES string of the molecule is CCOc1ccc(-n2ccnn2)cc1. The van der Waals surface area contributed by atoms with Gasteiger partial charge in [-0.3, -0.25) is 0 Å². The van der Waals surface area contributed by atoms with Crippen LogP contribution in [-0.2, 0) is 0 Å². The van der Waals surface area contributed by atoms with Crippen LogP contribution in [-0.4, -0.2) is 21.6 Å². The Kier molecular flexibility index (Phi) is 2.44. The fourth-order valence-corrected chi connectivity index (χ4v) is 1.21. The Morgan fingerprint density at radius 2 is 2.07 bits per heavy atom. The highest BCUT2D eigenvalue weighted by Gasteiger charge is 1.96. The maximum absolute atomic E-state index is 5.33. The molecule has 4 nitrogen and oxygen atoms in total. The van der Waals surface area contributed by atoms with Crippen molar-refractivity contribution in [2.75, 3.05) is 6.61 Å². The lowest BCUT2D eigenvalue weighted by molar-refractivity contribution is 0.340. The Morgan fingerprint density at radius 3 is 2.64 bits per heavy atom. The second-order valence-corrected chi connectivity index (χ2v) is 2.77. The summed E-state index contributed by atoms with van der Waals surface area (Å²) in [6, 6.07) is 7.72.